The summed E-state index contributed by atoms with van der Waals surface area (Å²) in [5.74, 6) is 0.801. The Kier molecular flexibility index (Phi) is 5.73. The van der Waals surface area contributed by atoms with Crippen molar-refractivity contribution in [2.24, 2.45) is 0 Å². The minimum absolute atomic E-state index is 0.0907. The summed E-state index contributed by atoms with van der Waals surface area (Å²) in [6.45, 7) is 2.10. The van der Waals surface area contributed by atoms with Gasteiger partial charge in [0.15, 0.2) is 5.82 Å². The molecule has 1 aromatic heterocycles. The maximum atomic E-state index is 12.0. The van der Waals surface area contributed by atoms with Gasteiger partial charge in [-0.25, -0.2) is 4.98 Å². The summed E-state index contributed by atoms with van der Waals surface area (Å²) in [6, 6.07) is 15.2. The van der Waals surface area contributed by atoms with Gasteiger partial charge in [0.1, 0.15) is 0 Å². The Hall–Kier alpha value is -2.31. The highest BCUT2D eigenvalue weighted by Crippen LogP contribution is 2.21. The SMILES string of the molecule is CCc1ccc(NC(=O)CSc2n[nH]c(-c3ccc(Cl)cc3)n2)cc1. The molecule has 0 aliphatic carbocycles. The van der Waals surface area contributed by atoms with Crippen LogP contribution in [-0.4, -0.2) is 26.8 Å². The third-order valence-corrected chi connectivity index (χ3v) is 4.66. The molecule has 0 saturated carbocycles. The maximum Gasteiger partial charge on any atom is 0.234 e. The van der Waals surface area contributed by atoms with Gasteiger partial charge in [0.2, 0.25) is 11.1 Å². The first-order valence-corrected chi connectivity index (χ1v) is 9.20. The monoisotopic (exact) mass is 372 g/mol. The molecule has 0 saturated heterocycles. The van der Waals surface area contributed by atoms with Crippen molar-refractivity contribution in [3.05, 3.63) is 59.1 Å². The van der Waals surface area contributed by atoms with Crippen molar-refractivity contribution in [2.75, 3.05) is 11.1 Å². The van der Waals surface area contributed by atoms with Crippen LogP contribution in [0.25, 0.3) is 11.4 Å². The van der Waals surface area contributed by atoms with Crippen LogP contribution in [0.1, 0.15) is 12.5 Å². The number of thioether (sulfide) groups is 1. The Balaban J connectivity index is 1.54. The lowest BCUT2D eigenvalue weighted by atomic mass is 10.1. The zero-order chi connectivity index (χ0) is 17.6. The summed E-state index contributed by atoms with van der Waals surface area (Å²) in [5.41, 5.74) is 2.92. The summed E-state index contributed by atoms with van der Waals surface area (Å²) in [5, 5.41) is 11.1. The quantitative estimate of drug-likeness (QED) is 0.628. The van der Waals surface area contributed by atoms with E-state index in [2.05, 4.69) is 27.4 Å². The van der Waals surface area contributed by atoms with Gasteiger partial charge in [-0.2, -0.15) is 0 Å². The van der Waals surface area contributed by atoms with E-state index in [-0.39, 0.29) is 11.7 Å². The topological polar surface area (TPSA) is 70.7 Å². The van der Waals surface area contributed by atoms with E-state index < -0.39 is 0 Å². The largest absolute Gasteiger partial charge is 0.325 e. The molecule has 7 heteroatoms. The van der Waals surface area contributed by atoms with Crippen molar-refractivity contribution < 1.29 is 4.79 Å². The molecule has 5 nitrogen and oxygen atoms in total. The van der Waals surface area contributed by atoms with Gasteiger partial charge in [-0.1, -0.05) is 42.4 Å². The number of rotatable bonds is 6. The van der Waals surface area contributed by atoms with Crippen LogP contribution in [0.3, 0.4) is 0 Å². The minimum atomic E-state index is -0.0907. The third kappa shape index (κ3) is 4.84. The van der Waals surface area contributed by atoms with Crippen molar-refractivity contribution in [3.8, 4) is 11.4 Å². The molecule has 3 aromatic rings. The molecule has 25 heavy (non-hydrogen) atoms. The minimum Gasteiger partial charge on any atom is -0.325 e. The van der Waals surface area contributed by atoms with Crippen molar-refractivity contribution >= 4 is 35.0 Å². The molecule has 0 spiro atoms. The molecule has 0 fully saturated rings. The summed E-state index contributed by atoms with van der Waals surface area (Å²) in [6.07, 6.45) is 0.977. The van der Waals surface area contributed by atoms with E-state index in [0.29, 0.717) is 16.0 Å². The van der Waals surface area contributed by atoms with Gasteiger partial charge in [0.05, 0.1) is 5.75 Å². The van der Waals surface area contributed by atoms with Gasteiger partial charge < -0.3 is 5.32 Å². The molecular weight excluding hydrogens is 356 g/mol. The number of amides is 1. The molecule has 0 atom stereocenters. The van der Waals surface area contributed by atoms with Crippen LogP contribution in [0.2, 0.25) is 5.02 Å². The van der Waals surface area contributed by atoms with Crippen LogP contribution in [0.15, 0.2) is 53.7 Å². The van der Waals surface area contributed by atoms with Gasteiger partial charge in [0, 0.05) is 16.3 Å². The first-order chi connectivity index (χ1) is 12.1. The van der Waals surface area contributed by atoms with E-state index in [0.717, 1.165) is 17.7 Å². The lowest BCUT2D eigenvalue weighted by molar-refractivity contribution is -0.113. The van der Waals surface area contributed by atoms with Gasteiger partial charge in [-0.05, 0) is 48.4 Å². The molecule has 1 amide bonds. The number of hydrogen-bond acceptors (Lipinski definition) is 4. The van der Waals surface area contributed by atoms with Gasteiger partial charge in [-0.15, -0.1) is 5.10 Å². The fraction of sp³-hybridized carbons (Fsp3) is 0.167. The molecule has 128 valence electrons. The number of H-pyrrole nitrogens is 1. The third-order valence-electron chi connectivity index (χ3n) is 3.56. The van der Waals surface area contributed by atoms with Crippen LogP contribution in [0.5, 0.6) is 0 Å². The number of aromatic nitrogens is 3. The zero-order valence-corrected chi connectivity index (χ0v) is 15.2. The second-order valence-corrected chi connectivity index (χ2v) is 6.74. The van der Waals surface area contributed by atoms with Gasteiger partial charge in [-0.3, -0.25) is 9.89 Å². The predicted molar refractivity (Wildman–Crippen MR) is 102 cm³/mol. The molecule has 0 radical (unpaired) electrons. The fourth-order valence-electron chi connectivity index (χ4n) is 2.20. The Bertz CT molecular complexity index is 846. The molecule has 2 N–H and O–H groups in total. The normalized spacial score (nSPS) is 10.6. The smallest absolute Gasteiger partial charge is 0.234 e. The van der Waals surface area contributed by atoms with Gasteiger partial charge in [0.25, 0.3) is 0 Å². The predicted octanol–water partition coefficient (Wildman–Crippen LogP) is 4.42. The second-order valence-electron chi connectivity index (χ2n) is 5.36. The van der Waals surface area contributed by atoms with Crippen LogP contribution in [-0.2, 0) is 11.2 Å². The zero-order valence-electron chi connectivity index (χ0n) is 13.6. The van der Waals surface area contributed by atoms with Crippen molar-refractivity contribution in [1.29, 1.82) is 0 Å². The number of carbonyl (C=O) groups excluding carboxylic acids is 1. The summed E-state index contributed by atoms with van der Waals surface area (Å²) < 4.78 is 0. The van der Waals surface area contributed by atoms with Crippen molar-refractivity contribution in [3.63, 3.8) is 0 Å². The Morgan fingerprint density at radius 3 is 2.56 bits per heavy atom. The molecule has 0 aliphatic heterocycles. The molecule has 0 unspecified atom stereocenters. The molecule has 0 aliphatic rings. The first kappa shape index (κ1) is 17.5. The number of benzene rings is 2. The highest BCUT2D eigenvalue weighted by atomic mass is 35.5. The number of nitrogens with one attached hydrogen (secondary N) is 2. The Labute approximate surface area is 155 Å². The summed E-state index contributed by atoms with van der Waals surface area (Å²) in [7, 11) is 0. The fourth-order valence-corrected chi connectivity index (χ4v) is 2.92. The lowest BCUT2D eigenvalue weighted by Crippen LogP contribution is -2.14. The van der Waals surface area contributed by atoms with Crippen molar-refractivity contribution in [1.82, 2.24) is 15.2 Å². The number of hydrogen-bond donors (Lipinski definition) is 2. The number of halogens is 1. The molecular formula is C18H17ClN4OS. The average Bonchev–Trinajstić information content (AvgIpc) is 3.10. The number of aromatic amines is 1. The summed E-state index contributed by atoms with van der Waals surface area (Å²) >= 11 is 7.16. The van der Waals surface area contributed by atoms with Crippen LogP contribution in [0, 0.1) is 0 Å². The van der Waals surface area contributed by atoms with E-state index >= 15 is 0 Å². The number of carbonyl (C=O) groups is 1. The number of nitrogens with zero attached hydrogens (tertiary/aromatic N) is 2. The van der Waals surface area contributed by atoms with Crippen molar-refractivity contribution in [2.45, 2.75) is 18.5 Å². The highest BCUT2D eigenvalue weighted by molar-refractivity contribution is 7.99. The maximum absolute atomic E-state index is 12.0. The van der Waals surface area contributed by atoms with E-state index in [1.54, 1.807) is 12.1 Å². The lowest BCUT2D eigenvalue weighted by Gasteiger charge is -2.04. The van der Waals surface area contributed by atoms with Crippen LogP contribution < -0.4 is 5.32 Å². The Morgan fingerprint density at radius 2 is 1.88 bits per heavy atom. The molecule has 3 rings (SSSR count). The van der Waals surface area contributed by atoms with E-state index in [4.69, 9.17) is 11.6 Å². The standard InChI is InChI=1S/C18H17ClN4OS/c1-2-12-3-9-15(10-4-12)20-16(24)11-25-18-21-17(22-23-18)13-5-7-14(19)8-6-13/h3-10H,2,11H2,1H3,(H,20,24)(H,21,22,23). The van der Waals surface area contributed by atoms with E-state index in [9.17, 15) is 4.79 Å². The van der Waals surface area contributed by atoms with Gasteiger partial charge >= 0.3 is 0 Å². The van der Waals surface area contributed by atoms with Crippen LogP contribution >= 0.6 is 23.4 Å². The van der Waals surface area contributed by atoms with E-state index in [1.807, 2.05) is 36.4 Å². The van der Waals surface area contributed by atoms with Crippen LogP contribution in [0.4, 0.5) is 5.69 Å². The Morgan fingerprint density at radius 1 is 1.16 bits per heavy atom. The van der Waals surface area contributed by atoms with E-state index in [1.165, 1.54) is 17.3 Å². The molecule has 0 bridgehead atoms. The first-order valence-electron chi connectivity index (χ1n) is 7.84. The molecule has 1 heterocycles. The molecule has 2 aromatic carbocycles. The number of anilines is 1. The summed E-state index contributed by atoms with van der Waals surface area (Å²) in [4.78, 5) is 16.4. The number of aryl methyl sites for hydroxylation is 1. The highest BCUT2D eigenvalue weighted by Gasteiger charge is 2.09. The average molecular weight is 373 g/mol. The second kappa shape index (κ2) is 8.18.